The summed E-state index contributed by atoms with van der Waals surface area (Å²) in [4.78, 5) is 0. The molecule has 18 heavy (non-hydrogen) atoms. The molecule has 0 amide bonds. The zero-order chi connectivity index (χ0) is 13.6. The molecule has 0 aliphatic heterocycles. The molecule has 0 bridgehead atoms. The maximum Gasteiger partial charge on any atom is 0.122 e. The molecule has 0 aromatic heterocycles. The normalized spacial score (nSPS) is 11.1. The van der Waals surface area contributed by atoms with Gasteiger partial charge in [-0.15, -0.1) is 0 Å². The molecule has 0 radical (unpaired) electrons. The lowest BCUT2D eigenvalue weighted by Crippen LogP contribution is -2.11. The summed E-state index contributed by atoms with van der Waals surface area (Å²) >= 11 is 0. The molecule has 0 aliphatic carbocycles. The fraction of sp³-hybridized carbons (Fsp3) is 0.562. The van der Waals surface area contributed by atoms with E-state index in [1.54, 1.807) is 0 Å². The van der Waals surface area contributed by atoms with Crippen molar-refractivity contribution in [3.8, 4) is 11.8 Å². The van der Waals surface area contributed by atoms with Crippen LogP contribution in [0.4, 0.5) is 0 Å². The summed E-state index contributed by atoms with van der Waals surface area (Å²) in [5.74, 6) is 0.958. The molecule has 0 heterocycles. The maximum atomic E-state index is 8.44. The fourth-order valence-corrected chi connectivity index (χ4v) is 1.77. The molecule has 1 rings (SSSR count). The van der Waals surface area contributed by atoms with Crippen molar-refractivity contribution in [2.24, 2.45) is 0 Å². The Hall–Kier alpha value is -1.49. The van der Waals surface area contributed by atoms with Gasteiger partial charge in [0.2, 0.25) is 0 Å². The van der Waals surface area contributed by atoms with Crippen molar-refractivity contribution in [1.82, 2.24) is 0 Å². The van der Waals surface area contributed by atoms with Crippen molar-refractivity contribution in [2.45, 2.75) is 52.4 Å². The highest BCUT2D eigenvalue weighted by Crippen LogP contribution is 2.27. The van der Waals surface area contributed by atoms with Gasteiger partial charge in [-0.05, 0) is 42.4 Å². The fourth-order valence-electron chi connectivity index (χ4n) is 1.77. The van der Waals surface area contributed by atoms with Crippen LogP contribution in [0.25, 0.3) is 0 Å². The quantitative estimate of drug-likeness (QED) is 0.722. The van der Waals surface area contributed by atoms with Crippen molar-refractivity contribution in [1.29, 1.82) is 5.26 Å². The molecule has 2 heteroatoms. The van der Waals surface area contributed by atoms with E-state index < -0.39 is 0 Å². The van der Waals surface area contributed by atoms with Crippen molar-refractivity contribution < 1.29 is 4.74 Å². The molecule has 98 valence electrons. The largest absolute Gasteiger partial charge is 0.493 e. The van der Waals surface area contributed by atoms with Gasteiger partial charge in [0.1, 0.15) is 5.75 Å². The first-order chi connectivity index (χ1) is 8.45. The molecule has 2 nitrogen and oxygen atoms in total. The van der Waals surface area contributed by atoms with Crippen LogP contribution in [0.1, 0.15) is 51.2 Å². The third-order valence-electron chi connectivity index (χ3n) is 2.98. The Morgan fingerprint density at radius 3 is 2.50 bits per heavy atom. The predicted molar refractivity (Wildman–Crippen MR) is 74.8 cm³/mol. The molecular formula is C16H23NO. The van der Waals surface area contributed by atoms with Gasteiger partial charge >= 0.3 is 0 Å². The van der Waals surface area contributed by atoms with Crippen LogP contribution in [-0.2, 0) is 5.41 Å². The van der Waals surface area contributed by atoms with Crippen molar-refractivity contribution in [3.63, 3.8) is 0 Å². The second-order valence-electron chi connectivity index (χ2n) is 5.69. The van der Waals surface area contributed by atoms with Gasteiger partial charge in [0.25, 0.3) is 0 Å². The van der Waals surface area contributed by atoms with E-state index in [-0.39, 0.29) is 5.41 Å². The van der Waals surface area contributed by atoms with Crippen LogP contribution in [0.3, 0.4) is 0 Å². The van der Waals surface area contributed by atoms with Gasteiger partial charge in [-0.25, -0.2) is 0 Å². The lowest BCUT2D eigenvalue weighted by molar-refractivity contribution is 0.305. The van der Waals surface area contributed by atoms with Gasteiger partial charge in [0, 0.05) is 6.42 Å². The Morgan fingerprint density at radius 2 is 1.94 bits per heavy atom. The highest BCUT2D eigenvalue weighted by Gasteiger charge is 2.14. The van der Waals surface area contributed by atoms with Crippen molar-refractivity contribution in [2.75, 3.05) is 6.61 Å². The maximum absolute atomic E-state index is 8.44. The number of ether oxygens (including phenoxy) is 1. The third kappa shape index (κ3) is 4.41. The minimum atomic E-state index is 0.177. The summed E-state index contributed by atoms with van der Waals surface area (Å²) in [7, 11) is 0. The van der Waals surface area contributed by atoms with Crippen LogP contribution in [0.15, 0.2) is 18.2 Å². The highest BCUT2D eigenvalue weighted by atomic mass is 16.5. The minimum absolute atomic E-state index is 0.177. The summed E-state index contributed by atoms with van der Waals surface area (Å²) in [6.45, 7) is 9.41. The van der Waals surface area contributed by atoms with Gasteiger partial charge in [0.05, 0.1) is 12.7 Å². The molecule has 0 N–H and O–H groups in total. The van der Waals surface area contributed by atoms with E-state index in [2.05, 4.69) is 52.0 Å². The summed E-state index contributed by atoms with van der Waals surface area (Å²) < 4.78 is 5.74. The zero-order valence-corrected chi connectivity index (χ0v) is 11.9. The van der Waals surface area contributed by atoms with Crippen LogP contribution in [0.5, 0.6) is 5.75 Å². The lowest BCUT2D eigenvalue weighted by Gasteiger charge is -2.20. The molecule has 0 saturated carbocycles. The number of nitriles is 1. The van der Waals surface area contributed by atoms with E-state index in [9.17, 15) is 0 Å². The van der Waals surface area contributed by atoms with Crippen LogP contribution in [0, 0.1) is 18.3 Å². The molecule has 0 unspecified atom stereocenters. The summed E-state index contributed by atoms with van der Waals surface area (Å²) in [6, 6.07) is 8.54. The zero-order valence-electron chi connectivity index (χ0n) is 11.9. The molecule has 0 fully saturated rings. The first-order valence-corrected chi connectivity index (χ1v) is 6.56. The Labute approximate surface area is 111 Å². The molecule has 1 aromatic rings. The van der Waals surface area contributed by atoms with Gasteiger partial charge < -0.3 is 4.74 Å². The average Bonchev–Trinajstić information content (AvgIpc) is 2.29. The molecule has 0 spiro atoms. The molecule has 1 aromatic carbocycles. The van der Waals surface area contributed by atoms with Gasteiger partial charge in [-0.2, -0.15) is 5.26 Å². The SMILES string of the molecule is Cc1cc(C(C)(C)C)ccc1OCCCCC#N. The first-order valence-electron chi connectivity index (χ1n) is 6.56. The average molecular weight is 245 g/mol. The molecule has 0 atom stereocenters. The van der Waals surface area contributed by atoms with Crippen LogP contribution in [0.2, 0.25) is 0 Å². The monoisotopic (exact) mass is 245 g/mol. The van der Waals surface area contributed by atoms with E-state index in [0.717, 1.165) is 18.6 Å². The predicted octanol–water partition coefficient (Wildman–Crippen LogP) is 4.37. The lowest BCUT2D eigenvalue weighted by atomic mass is 9.86. The Bertz CT molecular complexity index is 424. The first kappa shape index (κ1) is 14.6. The van der Waals surface area contributed by atoms with Crippen molar-refractivity contribution in [3.05, 3.63) is 29.3 Å². The number of unbranched alkanes of at least 4 members (excludes halogenated alkanes) is 2. The summed E-state index contributed by atoms with van der Waals surface area (Å²) in [5.41, 5.74) is 2.69. The molecule has 0 aliphatic rings. The Kier molecular flexibility index (Phi) is 5.22. The minimum Gasteiger partial charge on any atom is -0.493 e. The van der Waals surface area contributed by atoms with Gasteiger partial charge in [-0.3, -0.25) is 0 Å². The number of hydrogen-bond acceptors (Lipinski definition) is 2. The van der Waals surface area contributed by atoms with Crippen LogP contribution >= 0.6 is 0 Å². The highest BCUT2D eigenvalue weighted by molar-refractivity contribution is 5.38. The third-order valence-corrected chi connectivity index (χ3v) is 2.98. The van der Waals surface area contributed by atoms with Gasteiger partial charge in [-0.1, -0.05) is 32.9 Å². The number of rotatable bonds is 5. The van der Waals surface area contributed by atoms with E-state index >= 15 is 0 Å². The smallest absolute Gasteiger partial charge is 0.122 e. The Balaban J connectivity index is 2.56. The van der Waals surface area contributed by atoms with E-state index in [1.165, 1.54) is 11.1 Å². The number of aryl methyl sites for hydroxylation is 1. The topological polar surface area (TPSA) is 33.0 Å². The van der Waals surface area contributed by atoms with E-state index in [4.69, 9.17) is 10.00 Å². The summed E-state index contributed by atoms with van der Waals surface area (Å²) in [5, 5.41) is 8.44. The van der Waals surface area contributed by atoms with Crippen LogP contribution < -0.4 is 4.74 Å². The van der Waals surface area contributed by atoms with E-state index in [1.807, 2.05) is 0 Å². The standard InChI is InChI=1S/C16H23NO/c1-13-12-14(16(2,3)4)8-9-15(13)18-11-7-5-6-10-17/h8-9,12H,5-7,11H2,1-4H3. The number of benzene rings is 1. The van der Waals surface area contributed by atoms with Gasteiger partial charge in [0.15, 0.2) is 0 Å². The van der Waals surface area contributed by atoms with E-state index in [0.29, 0.717) is 13.0 Å². The molecule has 0 saturated heterocycles. The Morgan fingerprint density at radius 1 is 1.22 bits per heavy atom. The second kappa shape index (κ2) is 6.44. The van der Waals surface area contributed by atoms with Crippen molar-refractivity contribution >= 4 is 0 Å². The van der Waals surface area contributed by atoms with Crippen LogP contribution in [-0.4, -0.2) is 6.61 Å². The second-order valence-corrected chi connectivity index (χ2v) is 5.69. The molecular weight excluding hydrogens is 222 g/mol. The number of nitrogens with zero attached hydrogens (tertiary/aromatic N) is 1. The number of hydrogen-bond donors (Lipinski definition) is 0. The summed E-state index contributed by atoms with van der Waals surface area (Å²) in [6.07, 6.45) is 2.47.